The SMILES string of the molecule is COC1CC(NC(=O)c2cccc(N)c2Br)C1(C)C. The van der Waals surface area contributed by atoms with E-state index in [1.807, 2.05) is 0 Å². The van der Waals surface area contributed by atoms with Crippen molar-refractivity contribution in [3.63, 3.8) is 0 Å². The first-order chi connectivity index (χ1) is 8.87. The summed E-state index contributed by atoms with van der Waals surface area (Å²) in [5, 5.41) is 3.05. The van der Waals surface area contributed by atoms with Crippen LogP contribution in [-0.2, 0) is 4.74 Å². The van der Waals surface area contributed by atoms with Gasteiger partial charge in [-0.05, 0) is 34.5 Å². The number of nitrogens with two attached hydrogens (primary N) is 1. The van der Waals surface area contributed by atoms with Gasteiger partial charge in [0.1, 0.15) is 0 Å². The van der Waals surface area contributed by atoms with Gasteiger partial charge in [-0.25, -0.2) is 0 Å². The maximum atomic E-state index is 12.3. The zero-order valence-corrected chi connectivity index (χ0v) is 13.0. The molecule has 1 aromatic rings. The zero-order valence-electron chi connectivity index (χ0n) is 11.4. The van der Waals surface area contributed by atoms with E-state index in [1.165, 1.54) is 0 Å². The third-order valence-corrected chi connectivity index (χ3v) is 4.93. The Morgan fingerprint density at radius 2 is 2.21 bits per heavy atom. The fourth-order valence-electron chi connectivity index (χ4n) is 2.49. The standard InChI is InChI=1S/C14H19BrN2O2/c1-14(2)10(7-11(14)19-3)17-13(18)8-5-4-6-9(16)12(8)15/h4-6,10-11H,7,16H2,1-3H3,(H,17,18). The number of rotatable bonds is 3. The van der Waals surface area contributed by atoms with Crippen LogP contribution in [0.3, 0.4) is 0 Å². The van der Waals surface area contributed by atoms with Gasteiger partial charge in [0.25, 0.3) is 5.91 Å². The van der Waals surface area contributed by atoms with Crippen LogP contribution in [0.5, 0.6) is 0 Å². The smallest absolute Gasteiger partial charge is 0.252 e. The lowest BCUT2D eigenvalue weighted by molar-refractivity contribution is -0.0942. The number of nitrogens with one attached hydrogen (secondary N) is 1. The van der Waals surface area contributed by atoms with E-state index in [4.69, 9.17) is 10.5 Å². The molecule has 1 fully saturated rings. The van der Waals surface area contributed by atoms with E-state index in [-0.39, 0.29) is 23.5 Å². The second kappa shape index (κ2) is 5.13. The van der Waals surface area contributed by atoms with E-state index in [1.54, 1.807) is 25.3 Å². The molecule has 0 aromatic heterocycles. The summed E-state index contributed by atoms with van der Waals surface area (Å²) < 4.78 is 6.03. The first-order valence-electron chi connectivity index (χ1n) is 6.25. The van der Waals surface area contributed by atoms with Crippen molar-refractivity contribution < 1.29 is 9.53 Å². The molecule has 5 heteroatoms. The van der Waals surface area contributed by atoms with Crippen molar-refractivity contribution in [1.29, 1.82) is 0 Å². The largest absolute Gasteiger partial charge is 0.398 e. The molecule has 104 valence electrons. The van der Waals surface area contributed by atoms with E-state index in [0.717, 1.165) is 6.42 Å². The lowest BCUT2D eigenvalue weighted by Crippen LogP contribution is -2.61. The molecule has 0 saturated heterocycles. The van der Waals surface area contributed by atoms with Gasteiger partial charge >= 0.3 is 0 Å². The number of methoxy groups -OCH3 is 1. The molecule has 0 aliphatic heterocycles. The number of ether oxygens (including phenoxy) is 1. The zero-order chi connectivity index (χ0) is 14.2. The van der Waals surface area contributed by atoms with E-state index in [0.29, 0.717) is 15.7 Å². The number of anilines is 1. The first-order valence-corrected chi connectivity index (χ1v) is 7.05. The Labute approximate surface area is 121 Å². The molecule has 4 nitrogen and oxygen atoms in total. The second-order valence-corrected chi connectivity index (χ2v) is 6.31. The van der Waals surface area contributed by atoms with E-state index < -0.39 is 0 Å². The fraction of sp³-hybridized carbons (Fsp3) is 0.500. The van der Waals surface area contributed by atoms with Gasteiger partial charge in [0.2, 0.25) is 0 Å². The van der Waals surface area contributed by atoms with Gasteiger partial charge in [-0.2, -0.15) is 0 Å². The van der Waals surface area contributed by atoms with Crippen LogP contribution in [0.1, 0.15) is 30.6 Å². The van der Waals surface area contributed by atoms with Gasteiger partial charge in [-0.15, -0.1) is 0 Å². The van der Waals surface area contributed by atoms with Crippen molar-refractivity contribution >= 4 is 27.5 Å². The highest BCUT2D eigenvalue weighted by atomic mass is 79.9. The molecule has 0 heterocycles. The van der Waals surface area contributed by atoms with Gasteiger partial charge in [0.15, 0.2) is 0 Å². The summed E-state index contributed by atoms with van der Waals surface area (Å²) in [5.41, 5.74) is 6.87. The fourth-order valence-corrected chi connectivity index (χ4v) is 2.94. The van der Waals surface area contributed by atoms with Crippen molar-refractivity contribution in [1.82, 2.24) is 5.32 Å². The van der Waals surface area contributed by atoms with Gasteiger partial charge in [0, 0.05) is 24.3 Å². The van der Waals surface area contributed by atoms with Gasteiger partial charge in [-0.3, -0.25) is 4.79 Å². The summed E-state index contributed by atoms with van der Waals surface area (Å²) in [7, 11) is 1.71. The quantitative estimate of drug-likeness (QED) is 0.839. The third kappa shape index (κ3) is 2.49. The van der Waals surface area contributed by atoms with E-state index >= 15 is 0 Å². The van der Waals surface area contributed by atoms with Gasteiger partial charge in [0.05, 0.1) is 16.1 Å². The number of hydrogen-bond acceptors (Lipinski definition) is 3. The normalized spacial score (nSPS) is 24.6. The van der Waals surface area contributed by atoms with Crippen LogP contribution in [0.4, 0.5) is 5.69 Å². The minimum atomic E-state index is -0.105. The van der Waals surface area contributed by atoms with Gasteiger partial charge in [-0.1, -0.05) is 19.9 Å². The Bertz CT molecular complexity index is 502. The highest BCUT2D eigenvalue weighted by molar-refractivity contribution is 9.10. The number of nitrogen functional groups attached to an aromatic ring is 1. The molecule has 2 atom stereocenters. The molecule has 1 aromatic carbocycles. The second-order valence-electron chi connectivity index (χ2n) is 5.52. The highest BCUT2D eigenvalue weighted by Crippen LogP contribution is 2.42. The first kappa shape index (κ1) is 14.3. The van der Waals surface area contributed by atoms with Crippen molar-refractivity contribution in [3.8, 4) is 0 Å². The van der Waals surface area contributed by atoms with Crippen LogP contribution in [-0.4, -0.2) is 25.2 Å². The number of carbonyl (C=O) groups excluding carboxylic acids is 1. The summed E-state index contributed by atoms with van der Waals surface area (Å²) in [5.74, 6) is -0.105. The Kier molecular flexibility index (Phi) is 3.87. The van der Waals surface area contributed by atoms with Crippen molar-refractivity contribution in [2.24, 2.45) is 5.41 Å². The molecule has 1 aliphatic carbocycles. The van der Waals surface area contributed by atoms with Crippen LogP contribution in [0.15, 0.2) is 22.7 Å². The monoisotopic (exact) mass is 326 g/mol. The van der Waals surface area contributed by atoms with Crippen LogP contribution >= 0.6 is 15.9 Å². The summed E-state index contributed by atoms with van der Waals surface area (Å²) in [6, 6.07) is 5.42. The minimum absolute atomic E-state index is 0.0444. The Morgan fingerprint density at radius 1 is 1.53 bits per heavy atom. The Morgan fingerprint density at radius 3 is 2.79 bits per heavy atom. The number of halogens is 1. The van der Waals surface area contributed by atoms with Gasteiger partial charge < -0.3 is 15.8 Å². The Balaban J connectivity index is 2.09. The summed E-state index contributed by atoms with van der Waals surface area (Å²) >= 11 is 3.35. The van der Waals surface area contributed by atoms with Crippen molar-refractivity contribution in [3.05, 3.63) is 28.2 Å². The Hall–Kier alpha value is -1.07. The molecule has 0 bridgehead atoms. The van der Waals surface area contributed by atoms with E-state index in [2.05, 4.69) is 35.1 Å². The molecular weight excluding hydrogens is 308 g/mol. The third-order valence-electron chi connectivity index (χ3n) is 4.04. The summed E-state index contributed by atoms with van der Waals surface area (Å²) in [6.07, 6.45) is 1.04. The van der Waals surface area contributed by atoms with Crippen molar-refractivity contribution in [2.45, 2.75) is 32.4 Å². The number of hydrogen-bond donors (Lipinski definition) is 2. The molecule has 0 radical (unpaired) electrons. The number of amides is 1. The van der Waals surface area contributed by atoms with E-state index in [9.17, 15) is 4.79 Å². The van der Waals surface area contributed by atoms with Crippen LogP contribution in [0.2, 0.25) is 0 Å². The minimum Gasteiger partial charge on any atom is -0.398 e. The molecule has 2 rings (SSSR count). The lowest BCUT2D eigenvalue weighted by Gasteiger charge is -2.51. The predicted octanol–water partition coefficient (Wildman–Crippen LogP) is 2.57. The molecule has 1 amide bonds. The summed E-state index contributed by atoms with van der Waals surface area (Å²) in [4.78, 5) is 12.3. The molecule has 2 unspecified atom stereocenters. The highest BCUT2D eigenvalue weighted by Gasteiger charge is 2.49. The van der Waals surface area contributed by atoms with Crippen LogP contribution < -0.4 is 11.1 Å². The molecule has 3 N–H and O–H groups in total. The lowest BCUT2D eigenvalue weighted by atomic mass is 9.64. The predicted molar refractivity (Wildman–Crippen MR) is 79.0 cm³/mol. The average molecular weight is 327 g/mol. The molecule has 19 heavy (non-hydrogen) atoms. The molecule has 0 spiro atoms. The average Bonchev–Trinajstić information content (AvgIpc) is 2.37. The summed E-state index contributed by atoms with van der Waals surface area (Å²) in [6.45, 7) is 4.20. The van der Waals surface area contributed by atoms with Crippen LogP contribution in [0, 0.1) is 5.41 Å². The topological polar surface area (TPSA) is 64.3 Å². The molecule has 1 saturated carbocycles. The maximum Gasteiger partial charge on any atom is 0.252 e. The number of carbonyl (C=O) groups is 1. The van der Waals surface area contributed by atoms with Crippen LogP contribution in [0.25, 0.3) is 0 Å². The number of benzene rings is 1. The van der Waals surface area contributed by atoms with Crippen molar-refractivity contribution in [2.75, 3.05) is 12.8 Å². The molecular formula is C14H19BrN2O2. The molecule has 1 aliphatic rings. The maximum absolute atomic E-state index is 12.3.